The zero-order valence-corrected chi connectivity index (χ0v) is 13.3. The second-order valence-electron chi connectivity index (χ2n) is 5.54. The maximum absolute atomic E-state index is 8.73. The molecule has 116 valence electrons. The molecule has 0 amide bonds. The van der Waals surface area contributed by atoms with E-state index in [1.165, 1.54) is 0 Å². The van der Waals surface area contributed by atoms with Crippen molar-refractivity contribution < 1.29 is 0 Å². The molecule has 3 heterocycles. The molecule has 0 aromatic carbocycles. The van der Waals surface area contributed by atoms with Gasteiger partial charge in [0.05, 0.1) is 18.3 Å². The molecule has 2 aromatic heterocycles. The summed E-state index contributed by atoms with van der Waals surface area (Å²) in [5, 5.41) is 12.0. The van der Waals surface area contributed by atoms with E-state index < -0.39 is 0 Å². The highest BCUT2D eigenvalue weighted by Crippen LogP contribution is 2.27. The van der Waals surface area contributed by atoms with Crippen LogP contribution >= 0.6 is 12.4 Å². The van der Waals surface area contributed by atoms with Crippen LogP contribution in [0, 0.1) is 17.2 Å². The number of nitriles is 1. The van der Waals surface area contributed by atoms with Crippen LogP contribution in [0.1, 0.15) is 13.3 Å². The molecule has 1 fully saturated rings. The summed E-state index contributed by atoms with van der Waals surface area (Å²) in [5.41, 5.74) is 2.59. The van der Waals surface area contributed by atoms with Crippen LogP contribution in [0.5, 0.6) is 0 Å². The fourth-order valence-corrected chi connectivity index (χ4v) is 3.00. The summed E-state index contributed by atoms with van der Waals surface area (Å²) < 4.78 is 0. The lowest BCUT2D eigenvalue weighted by Crippen LogP contribution is -2.49. The molecule has 7 heteroatoms. The summed E-state index contributed by atoms with van der Waals surface area (Å²) >= 11 is 0. The molecular weight excluding hydrogens is 300 g/mol. The lowest BCUT2D eigenvalue weighted by atomic mass is 9.95. The minimum absolute atomic E-state index is 0. The van der Waals surface area contributed by atoms with Gasteiger partial charge in [-0.15, -0.1) is 12.4 Å². The smallest absolute Gasteiger partial charge is 0.180 e. The molecule has 3 rings (SSSR count). The summed E-state index contributed by atoms with van der Waals surface area (Å²) in [4.78, 5) is 15.3. The SMILES string of the molecule is C[C@H]1C[C@@H](NCC#N)CN(c2ccnc3nccnc23)C1.Cl. The van der Waals surface area contributed by atoms with Crippen LogP contribution in [0.2, 0.25) is 0 Å². The van der Waals surface area contributed by atoms with Gasteiger partial charge in [-0.3, -0.25) is 5.32 Å². The summed E-state index contributed by atoms with van der Waals surface area (Å²) in [6.07, 6.45) is 6.23. The second-order valence-corrected chi connectivity index (χ2v) is 5.54. The van der Waals surface area contributed by atoms with Crippen LogP contribution in [-0.4, -0.2) is 40.6 Å². The van der Waals surface area contributed by atoms with Gasteiger partial charge in [0.1, 0.15) is 5.52 Å². The first-order valence-electron chi connectivity index (χ1n) is 7.19. The number of anilines is 1. The van der Waals surface area contributed by atoms with Crippen LogP contribution in [0.15, 0.2) is 24.7 Å². The molecule has 2 aromatic rings. The van der Waals surface area contributed by atoms with Crippen molar-refractivity contribution in [1.82, 2.24) is 20.3 Å². The van der Waals surface area contributed by atoms with Crippen LogP contribution in [0.4, 0.5) is 5.69 Å². The largest absolute Gasteiger partial charge is 0.368 e. The fraction of sp³-hybridized carbons (Fsp3) is 0.467. The average Bonchev–Trinajstić information content (AvgIpc) is 2.52. The van der Waals surface area contributed by atoms with Crippen LogP contribution in [0.25, 0.3) is 11.2 Å². The molecule has 0 unspecified atom stereocenters. The van der Waals surface area contributed by atoms with E-state index in [2.05, 4.69) is 38.2 Å². The van der Waals surface area contributed by atoms with E-state index in [1.54, 1.807) is 18.6 Å². The topological polar surface area (TPSA) is 77.7 Å². The van der Waals surface area contributed by atoms with Crippen molar-refractivity contribution in [1.29, 1.82) is 5.26 Å². The number of pyridine rings is 1. The van der Waals surface area contributed by atoms with Crippen LogP contribution in [0.3, 0.4) is 0 Å². The van der Waals surface area contributed by atoms with Gasteiger partial charge in [0, 0.05) is 37.7 Å². The highest BCUT2D eigenvalue weighted by atomic mass is 35.5. The molecule has 0 spiro atoms. The van der Waals surface area contributed by atoms with Gasteiger partial charge < -0.3 is 4.90 Å². The van der Waals surface area contributed by atoms with Crippen molar-refractivity contribution in [2.24, 2.45) is 5.92 Å². The molecule has 0 saturated carbocycles. The van der Waals surface area contributed by atoms with Crippen molar-refractivity contribution in [3.63, 3.8) is 0 Å². The Morgan fingerprint density at radius 1 is 1.27 bits per heavy atom. The van der Waals surface area contributed by atoms with Gasteiger partial charge >= 0.3 is 0 Å². The normalized spacial score (nSPS) is 21.2. The Morgan fingerprint density at radius 3 is 2.86 bits per heavy atom. The third kappa shape index (κ3) is 3.43. The van der Waals surface area contributed by atoms with E-state index in [0.29, 0.717) is 24.2 Å². The zero-order chi connectivity index (χ0) is 14.7. The third-order valence-electron chi connectivity index (χ3n) is 3.82. The predicted octanol–water partition coefficient (Wildman–Crippen LogP) is 1.77. The predicted molar refractivity (Wildman–Crippen MR) is 88.0 cm³/mol. The van der Waals surface area contributed by atoms with E-state index >= 15 is 0 Å². The Labute approximate surface area is 136 Å². The Bertz CT molecular complexity index is 665. The van der Waals surface area contributed by atoms with E-state index in [-0.39, 0.29) is 12.4 Å². The summed E-state index contributed by atoms with van der Waals surface area (Å²) in [6, 6.07) is 4.48. The van der Waals surface area contributed by atoms with Crippen molar-refractivity contribution in [2.75, 3.05) is 24.5 Å². The Balaban J connectivity index is 0.00000176. The van der Waals surface area contributed by atoms with Crippen molar-refractivity contribution in [3.8, 4) is 6.07 Å². The molecule has 1 aliphatic heterocycles. The molecule has 0 aliphatic carbocycles. The maximum atomic E-state index is 8.73. The lowest BCUT2D eigenvalue weighted by Gasteiger charge is -2.38. The molecule has 6 nitrogen and oxygen atoms in total. The number of nitrogens with zero attached hydrogens (tertiary/aromatic N) is 5. The molecule has 1 N–H and O–H groups in total. The number of piperidine rings is 1. The molecule has 2 atom stereocenters. The number of hydrogen-bond donors (Lipinski definition) is 1. The standard InChI is InChI=1S/C15H18N6.ClH/c1-11-8-12(17-5-3-16)10-21(9-11)13-2-4-19-15-14(13)18-6-7-20-15;/h2,4,6-7,11-12,17H,5,8-10H2,1H3;1H/t11-,12+;/m0./s1. The van der Waals surface area contributed by atoms with Gasteiger partial charge in [-0.25, -0.2) is 15.0 Å². The molecule has 22 heavy (non-hydrogen) atoms. The van der Waals surface area contributed by atoms with Crippen LogP contribution in [-0.2, 0) is 0 Å². The number of hydrogen-bond acceptors (Lipinski definition) is 6. The minimum Gasteiger partial charge on any atom is -0.368 e. The molecule has 1 aliphatic rings. The van der Waals surface area contributed by atoms with Gasteiger partial charge in [-0.2, -0.15) is 5.26 Å². The first kappa shape index (κ1) is 16.4. The van der Waals surface area contributed by atoms with Crippen molar-refractivity contribution in [3.05, 3.63) is 24.7 Å². The molecular formula is C15H19ClN6. The average molecular weight is 319 g/mol. The Kier molecular flexibility index (Phi) is 5.47. The number of halogens is 1. The molecule has 0 radical (unpaired) electrons. The summed E-state index contributed by atoms with van der Waals surface area (Å²) in [7, 11) is 0. The monoisotopic (exact) mass is 318 g/mol. The Morgan fingerprint density at radius 2 is 2.05 bits per heavy atom. The van der Waals surface area contributed by atoms with E-state index in [1.807, 2.05) is 6.07 Å². The quantitative estimate of drug-likeness (QED) is 0.869. The minimum atomic E-state index is 0. The summed E-state index contributed by atoms with van der Waals surface area (Å²) in [5.74, 6) is 0.565. The van der Waals surface area contributed by atoms with E-state index in [4.69, 9.17) is 5.26 Å². The highest BCUT2D eigenvalue weighted by molar-refractivity contribution is 5.85. The fourth-order valence-electron chi connectivity index (χ4n) is 3.00. The van der Waals surface area contributed by atoms with E-state index in [0.717, 1.165) is 30.7 Å². The Hall–Kier alpha value is -1.97. The first-order chi connectivity index (χ1) is 10.3. The lowest BCUT2D eigenvalue weighted by molar-refractivity contribution is 0.360. The highest BCUT2D eigenvalue weighted by Gasteiger charge is 2.25. The van der Waals surface area contributed by atoms with Crippen molar-refractivity contribution >= 4 is 29.3 Å². The van der Waals surface area contributed by atoms with E-state index in [9.17, 15) is 0 Å². The van der Waals surface area contributed by atoms with Gasteiger partial charge in [0.25, 0.3) is 0 Å². The van der Waals surface area contributed by atoms with Gasteiger partial charge in [-0.1, -0.05) is 6.92 Å². The maximum Gasteiger partial charge on any atom is 0.180 e. The number of aromatic nitrogens is 3. The number of fused-ring (bicyclic) bond motifs is 1. The van der Waals surface area contributed by atoms with Gasteiger partial charge in [0.15, 0.2) is 5.65 Å². The van der Waals surface area contributed by atoms with Crippen molar-refractivity contribution in [2.45, 2.75) is 19.4 Å². The number of nitrogens with one attached hydrogen (secondary N) is 1. The second kappa shape index (κ2) is 7.34. The third-order valence-corrected chi connectivity index (χ3v) is 3.82. The summed E-state index contributed by atoms with van der Waals surface area (Å²) in [6.45, 7) is 4.49. The van der Waals surface area contributed by atoms with Crippen LogP contribution < -0.4 is 10.2 Å². The van der Waals surface area contributed by atoms with Gasteiger partial charge in [-0.05, 0) is 18.4 Å². The van der Waals surface area contributed by atoms with Gasteiger partial charge in [0.2, 0.25) is 0 Å². The zero-order valence-electron chi connectivity index (χ0n) is 12.4. The first-order valence-corrected chi connectivity index (χ1v) is 7.19. The number of rotatable bonds is 3. The molecule has 1 saturated heterocycles. The molecule has 0 bridgehead atoms.